The zero-order chi connectivity index (χ0) is 22.5. The smallest absolute Gasteiger partial charge is 0.225 e. The van der Waals surface area contributed by atoms with Gasteiger partial charge < -0.3 is 14.8 Å². The zero-order valence-electron chi connectivity index (χ0n) is 18.8. The van der Waals surface area contributed by atoms with Crippen molar-refractivity contribution in [3.8, 4) is 5.75 Å². The minimum atomic E-state index is 0.443. The van der Waals surface area contributed by atoms with E-state index >= 15 is 0 Å². The Morgan fingerprint density at radius 2 is 2.00 bits per heavy atom. The number of benzene rings is 1. The zero-order valence-corrected chi connectivity index (χ0v) is 19.6. The van der Waals surface area contributed by atoms with Crippen LogP contribution in [0.3, 0.4) is 0 Å². The number of aromatic nitrogens is 3. The second-order valence-electron chi connectivity index (χ2n) is 8.17. The van der Waals surface area contributed by atoms with Crippen LogP contribution in [0.5, 0.6) is 5.75 Å². The van der Waals surface area contributed by atoms with Gasteiger partial charge in [-0.25, -0.2) is 19.7 Å². The molecule has 0 saturated carbocycles. The number of anilines is 1. The molecule has 0 radical (unpaired) electrons. The van der Waals surface area contributed by atoms with Crippen molar-refractivity contribution < 1.29 is 9.48 Å². The van der Waals surface area contributed by atoms with Crippen LogP contribution in [0.1, 0.15) is 53.1 Å². The molecular formula is C24H29N5O2S. The van der Waals surface area contributed by atoms with Gasteiger partial charge in [0.05, 0.1) is 10.7 Å². The van der Waals surface area contributed by atoms with E-state index < -0.39 is 0 Å². The van der Waals surface area contributed by atoms with Gasteiger partial charge in [-0.1, -0.05) is 6.92 Å². The summed E-state index contributed by atoms with van der Waals surface area (Å²) in [6.45, 7) is 6.43. The highest BCUT2D eigenvalue weighted by molar-refractivity contribution is 7.09. The van der Waals surface area contributed by atoms with E-state index in [2.05, 4.69) is 27.2 Å². The molecule has 0 bridgehead atoms. The summed E-state index contributed by atoms with van der Waals surface area (Å²) in [5.41, 5.74) is 3.99. The Kier molecular flexibility index (Phi) is 6.99. The summed E-state index contributed by atoms with van der Waals surface area (Å²) < 4.78 is 6.79. The summed E-state index contributed by atoms with van der Waals surface area (Å²) in [4.78, 5) is 16.2. The minimum absolute atomic E-state index is 0.443. The van der Waals surface area contributed by atoms with Crippen LogP contribution in [0.2, 0.25) is 0 Å². The lowest BCUT2D eigenvalue weighted by molar-refractivity contribution is -0.416. The molecule has 1 aliphatic rings. The first-order chi connectivity index (χ1) is 15.5. The molecule has 0 spiro atoms. The second-order valence-corrected chi connectivity index (χ2v) is 9.06. The molecule has 2 aromatic heterocycles. The normalized spacial score (nSPS) is 15.2. The van der Waals surface area contributed by atoms with Crippen molar-refractivity contribution in [1.29, 1.82) is 0 Å². The summed E-state index contributed by atoms with van der Waals surface area (Å²) in [6.07, 6.45) is 8.46. The lowest BCUT2D eigenvalue weighted by atomic mass is 9.98. The van der Waals surface area contributed by atoms with Crippen LogP contribution in [0.15, 0.2) is 36.0 Å². The lowest BCUT2D eigenvalue weighted by Crippen LogP contribution is -2.34. The van der Waals surface area contributed by atoms with E-state index in [4.69, 9.17) is 9.72 Å². The average molecular weight is 452 g/mol. The Hall–Kier alpha value is -3.00. The van der Waals surface area contributed by atoms with E-state index in [1.807, 2.05) is 37.5 Å². The number of rotatable bonds is 7. The van der Waals surface area contributed by atoms with Gasteiger partial charge >= 0.3 is 0 Å². The summed E-state index contributed by atoms with van der Waals surface area (Å²) in [5.74, 6) is 2.11. The fourth-order valence-corrected chi connectivity index (χ4v) is 4.85. The van der Waals surface area contributed by atoms with Gasteiger partial charge in [-0.05, 0) is 55.5 Å². The highest BCUT2D eigenvalue weighted by atomic mass is 32.1. The van der Waals surface area contributed by atoms with Crippen LogP contribution in [0.4, 0.5) is 5.95 Å². The van der Waals surface area contributed by atoms with Crippen molar-refractivity contribution in [3.05, 3.63) is 68.6 Å². The van der Waals surface area contributed by atoms with Gasteiger partial charge in [-0.3, -0.25) is 0 Å². The number of hydrogen-bond acceptors (Lipinski definition) is 7. The van der Waals surface area contributed by atoms with Crippen molar-refractivity contribution in [2.24, 2.45) is 0 Å². The van der Waals surface area contributed by atoms with Gasteiger partial charge in [0.2, 0.25) is 5.95 Å². The predicted octanol–water partition coefficient (Wildman–Crippen LogP) is 4.33. The van der Waals surface area contributed by atoms with Crippen molar-refractivity contribution in [2.75, 3.05) is 25.0 Å². The van der Waals surface area contributed by atoms with Crippen LogP contribution in [-0.2, 0) is 13.0 Å². The Balaban J connectivity index is 1.31. The monoisotopic (exact) mass is 451 g/mol. The third-order valence-electron chi connectivity index (χ3n) is 5.70. The summed E-state index contributed by atoms with van der Waals surface area (Å²) >= 11 is 1.72. The van der Waals surface area contributed by atoms with Gasteiger partial charge in [0.15, 0.2) is 6.21 Å². The van der Waals surface area contributed by atoms with E-state index in [0.29, 0.717) is 12.5 Å². The number of hydroxylamine groups is 1. The fraction of sp³-hybridized carbons (Fsp3) is 0.417. The molecule has 3 aromatic rings. The molecule has 0 unspecified atom stereocenters. The number of aryl methyl sites for hydroxylation is 2. The highest BCUT2D eigenvalue weighted by Crippen LogP contribution is 2.31. The average Bonchev–Trinajstić information content (AvgIpc) is 3.27. The summed E-state index contributed by atoms with van der Waals surface area (Å²) in [6, 6.07) is 5.74. The number of piperidine rings is 1. The van der Waals surface area contributed by atoms with Gasteiger partial charge in [0.25, 0.3) is 0 Å². The van der Waals surface area contributed by atoms with E-state index in [0.717, 1.165) is 65.6 Å². The van der Waals surface area contributed by atoms with Crippen molar-refractivity contribution in [3.63, 3.8) is 0 Å². The summed E-state index contributed by atoms with van der Waals surface area (Å²) in [7, 11) is 1.47. The maximum Gasteiger partial charge on any atom is 0.225 e. The van der Waals surface area contributed by atoms with Crippen LogP contribution in [-0.4, -0.2) is 46.0 Å². The number of ether oxygens (including phenoxy) is 1. The number of nitrogens with zero attached hydrogens (tertiary/aromatic N) is 5. The Labute approximate surface area is 193 Å². The molecule has 3 heterocycles. The van der Waals surface area contributed by atoms with Gasteiger partial charge in [0.1, 0.15) is 19.4 Å². The first-order valence-corrected chi connectivity index (χ1v) is 11.9. The molecule has 8 heteroatoms. The molecule has 1 aliphatic heterocycles. The molecule has 168 valence electrons. The Morgan fingerprint density at radius 3 is 2.66 bits per heavy atom. The molecule has 0 amide bonds. The van der Waals surface area contributed by atoms with Crippen molar-refractivity contribution in [2.45, 2.75) is 45.6 Å². The Bertz CT molecular complexity index is 1070. The van der Waals surface area contributed by atoms with E-state index in [9.17, 15) is 5.21 Å². The largest absolute Gasteiger partial charge is 0.624 e. The third kappa shape index (κ3) is 5.43. The predicted molar refractivity (Wildman–Crippen MR) is 128 cm³/mol. The molecular weight excluding hydrogens is 422 g/mol. The SMILES string of the molecule is CCc1cnc(N2CCC(c3nc(COc4ccc(/C=[N+](/C)[O-])cc4C)cs3)CC2)nc1. The van der Waals surface area contributed by atoms with Gasteiger partial charge in [-0.15, -0.1) is 11.3 Å². The first-order valence-electron chi connectivity index (χ1n) is 11.0. The van der Waals surface area contributed by atoms with Crippen LogP contribution in [0.25, 0.3) is 0 Å². The molecule has 0 atom stereocenters. The maximum absolute atomic E-state index is 11.2. The molecule has 4 rings (SSSR count). The molecule has 1 fully saturated rings. The lowest BCUT2D eigenvalue weighted by Gasteiger charge is -2.31. The standard InChI is InChI=1S/C24H29N5O2S/c1-4-18-12-25-24(26-13-18)29-9-7-20(8-10-29)23-27-21(16-32-23)15-31-22-6-5-19(11-17(22)2)14-28(3)30/h5-6,11-14,16,20H,4,7-10,15H2,1-3H3/b28-14-. The number of thiazole rings is 1. The van der Waals surface area contributed by atoms with E-state index in [1.165, 1.54) is 17.6 Å². The van der Waals surface area contributed by atoms with Crippen molar-refractivity contribution in [1.82, 2.24) is 15.0 Å². The van der Waals surface area contributed by atoms with Crippen molar-refractivity contribution >= 4 is 23.5 Å². The minimum Gasteiger partial charge on any atom is -0.624 e. The molecule has 1 aromatic carbocycles. The van der Waals surface area contributed by atoms with Crippen LogP contribution in [0, 0.1) is 12.1 Å². The quantitative estimate of drug-likeness (QED) is 0.230. The molecule has 0 aliphatic carbocycles. The summed E-state index contributed by atoms with van der Waals surface area (Å²) in [5, 5.41) is 14.5. The van der Waals surface area contributed by atoms with Gasteiger partial charge in [0, 0.05) is 42.3 Å². The van der Waals surface area contributed by atoms with Crippen LogP contribution >= 0.6 is 11.3 Å². The molecule has 32 heavy (non-hydrogen) atoms. The fourth-order valence-electron chi connectivity index (χ4n) is 3.87. The molecule has 0 N–H and O–H groups in total. The number of hydrogen-bond donors (Lipinski definition) is 0. The first kappa shape index (κ1) is 22.2. The van der Waals surface area contributed by atoms with Gasteiger partial charge in [-0.2, -0.15) is 0 Å². The Morgan fingerprint density at radius 1 is 1.25 bits per heavy atom. The molecule has 7 nitrogen and oxygen atoms in total. The second kappa shape index (κ2) is 10.1. The highest BCUT2D eigenvalue weighted by Gasteiger charge is 2.24. The topological polar surface area (TPSA) is 77.2 Å². The van der Waals surface area contributed by atoms with E-state index in [1.54, 1.807) is 17.6 Å². The molecule has 1 saturated heterocycles. The van der Waals surface area contributed by atoms with Crippen LogP contribution < -0.4 is 9.64 Å². The van der Waals surface area contributed by atoms with E-state index in [-0.39, 0.29) is 0 Å². The third-order valence-corrected chi connectivity index (χ3v) is 6.76. The maximum atomic E-state index is 11.2.